The van der Waals surface area contributed by atoms with Gasteiger partial charge >= 0.3 is 0 Å². The molecule has 0 aliphatic heterocycles. The Morgan fingerprint density at radius 3 is 2.55 bits per heavy atom. The van der Waals surface area contributed by atoms with E-state index in [4.69, 9.17) is 9.72 Å². The van der Waals surface area contributed by atoms with Crippen molar-refractivity contribution in [2.75, 3.05) is 6.61 Å². The largest absolute Gasteiger partial charge is 0.371 e. The molecule has 1 saturated carbocycles. The molecular formula is C16H28N2OS. The minimum atomic E-state index is 0.0970. The first-order valence-corrected chi connectivity index (χ1v) is 8.62. The monoisotopic (exact) mass is 296 g/mol. The summed E-state index contributed by atoms with van der Waals surface area (Å²) >= 11 is 1.83. The fourth-order valence-corrected chi connectivity index (χ4v) is 3.66. The number of hydrogen-bond acceptors (Lipinski definition) is 4. The summed E-state index contributed by atoms with van der Waals surface area (Å²) in [5, 5.41) is 4.76. The van der Waals surface area contributed by atoms with Gasteiger partial charge in [0.05, 0.1) is 5.69 Å². The van der Waals surface area contributed by atoms with Crippen molar-refractivity contribution in [2.45, 2.75) is 78.0 Å². The van der Waals surface area contributed by atoms with Crippen molar-refractivity contribution < 1.29 is 4.74 Å². The van der Waals surface area contributed by atoms with E-state index in [1.165, 1.54) is 23.4 Å². The molecule has 0 saturated heterocycles. The molecule has 0 spiro atoms. The minimum absolute atomic E-state index is 0.0970. The molecule has 1 aromatic heterocycles. The summed E-state index contributed by atoms with van der Waals surface area (Å²) in [5.41, 5.74) is 1.34. The first-order chi connectivity index (χ1) is 9.45. The third kappa shape index (κ3) is 4.03. The molecule has 114 valence electrons. The molecule has 1 aliphatic carbocycles. The first-order valence-electron chi connectivity index (χ1n) is 7.80. The average Bonchev–Trinajstić information content (AvgIpc) is 3.10. The predicted octanol–water partition coefficient (Wildman–Crippen LogP) is 4.18. The van der Waals surface area contributed by atoms with Gasteiger partial charge in [0.2, 0.25) is 0 Å². The second-order valence-electron chi connectivity index (χ2n) is 6.58. The Morgan fingerprint density at radius 2 is 2.05 bits per heavy atom. The molecule has 3 nitrogen and oxygen atoms in total. The van der Waals surface area contributed by atoms with Gasteiger partial charge in [0, 0.05) is 29.5 Å². The maximum Gasteiger partial charge on any atom is 0.122 e. The lowest BCUT2D eigenvalue weighted by Gasteiger charge is -2.18. The van der Waals surface area contributed by atoms with E-state index in [0.717, 1.165) is 30.6 Å². The minimum Gasteiger partial charge on any atom is -0.371 e. The molecule has 1 aliphatic rings. The van der Waals surface area contributed by atoms with Crippen LogP contribution in [-0.4, -0.2) is 17.6 Å². The van der Waals surface area contributed by atoms with Gasteiger partial charge in [0.25, 0.3) is 0 Å². The van der Waals surface area contributed by atoms with E-state index in [1.807, 2.05) is 11.3 Å². The van der Waals surface area contributed by atoms with Crippen molar-refractivity contribution in [3.8, 4) is 0 Å². The summed E-state index contributed by atoms with van der Waals surface area (Å²) in [4.78, 5) is 6.31. The van der Waals surface area contributed by atoms with Gasteiger partial charge in [-0.2, -0.15) is 0 Å². The third-order valence-corrected chi connectivity index (χ3v) is 4.71. The lowest BCUT2D eigenvalue weighted by molar-refractivity contribution is 0.0594. The Morgan fingerprint density at radius 1 is 1.35 bits per heavy atom. The maximum atomic E-state index is 5.82. The molecule has 0 bridgehead atoms. The van der Waals surface area contributed by atoms with E-state index >= 15 is 0 Å². The van der Waals surface area contributed by atoms with Crippen molar-refractivity contribution in [1.29, 1.82) is 0 Å². The smallest absolute Gasteiger partial charge is 0.122 e. The number of ether oxygens (including phenoxy) is 1. The molecule has 1 atom stereocenters. The van der Waals surface area contributed by atoms with E-state index in [9.17, 15) is 0 Å². The highest BCUT2D eigenvalue weighted by molar-refractivity contribution is 7.11. The highest BCUT2D eigenvalue weighted by Crippen LogP contribution is 2.34. The zero-order chi connectivity index (χ0) is 14.8. The van der Waals surface area contributed by atoms with Crippen molar-refractivity contribution in [3.63, 3.8) is 0 Å². The van der Waals surface area contributed by atoms with Crippen LogP contribution in [-0.2, 0) is 16.7 Å². The van der Waals surface area contributed by atoms with Gasteiger partial charge in [0.1, 0.15) is 11.1 Å². The van der Waals surface area contributed by atoms with Crippen LogP contribution in [0.15, 0.2) is 0 Å². The second kappa shape index (κ2) is 6.54. The number of aromatic nitrogens is 1. The molecule has 4 heteroatoms. The van der Waals surface area contributed by atoms with Gasteiger partial charge in [-0.1, -0.05) is 27.7 Å². The quantitative estimate of drug-likeness (QED) is 0.819. The zero-order valence-corrected chi connectivity index (χ0v) is 14.3. The Balaban J connectivity index is 2.20. The van der Waals surface area contributed by atoms with Crippen LogP contribution in [0.25, 0.3) is 0 Å². The topological polar surface area (TPSA) is 34.1 Å². The number of nitrogens with one attached hydrogen (secondary N) is 1. The van der Waals surface area contributed by atoms with E-state index in [1.54, 1.807) is 0 Å². The number of thiazole rings is 1. The molecule has 0 aromatic carbocycles. The van der Waals surface area contributed by atoms with E-state index < -0.39 is 0 Å². The van der Waals surface area contributed by atoms with E-state index in [2.05, 4.69) is 39.9 Å². The lowest BCUT2D eigenvalue weighted by Crippen LogP contribution is -2.20. The van der Waals surface area contributed by atoms with Gasteiger partial charge in [-0.25, -0.2) is 4.98 Å². The van der Waals surface area contributed by atoms with Crippen LogP contribution in [0, 0.1) is 0 Å². The third-order valence-electron chi connectivity index (χ3n) is 3.57. The van der Waals surface area contributed by atoms with E-state index in [0.29, 0.717) is 0 Å². The van der Waals surface area contributed by atoms with Crippen LogP contribution in [0.3, 0.4) is 0 Å². The summed E-state index contributed by atoms with van der Waals surface area (Å²) in [5.74, 6) is 0. The average molecular weight is 296 g/mol. The molecule has 1 heterocycles. The van der Waals surface area contributed by atoms with Crippen molar-refractivity contribution in [2.24, 2.45) is 0 Å². The van der Waals surface area contributed by atoms with Crippen LogP contribution in [0.1, 0.15) is 75.6 Å². The Hall–Kier alpha value is -0.450. The predicted molar refractivity (Wildman–Crippen MR) is 85.3 cm³/mol. The molecular weight excluding hydrogens is 268 g/mol. The summed E-state index contributed by atoms with van der Waals surface area (Å²) in [6.07, 6.45) is 3.79. The van der Waals surface area contributed by atoms with Crippen LogP contribution < -0.4 is 5.32 Å². The number of hydrogen-bond donors (Lipinski definition) is 1. The Kier molecular flexibility index (Phi) is 5.21. The lowest BCUT2D eigenvalue weighted by atomic mass is 9.91. The molecule has 0 amide bonds. The number of nitrogens with zero attached hydrogens (tertiary/aromatic N) is 1. The molecule has 1 fully saturated rings. The first kappa shape index (κ1) is 15.9. The molecule has 2 rings (SSSR count). The highest BCUT2D eigenvalue weighted by atomic mass is 32.1. The van der Waals surface area contributed by atoms with Gasteiger partial charge in [-0.3, -0.25) is 0 Å². The van der Waals surface area contributed by atoms with Crippen LogP contribution >= 0.6 is 11.3 Å². The molecule has 20 heavy (non-hydrogen) atoms. The molecule has 1 N–H and O–H groups in total. The van der Waals surface area contributed by atoms with Gasteiger partial charge in [-0.05, 0) is 26.2 Å². The summed E-state index contributed by atoms with van der Waals surface area (Å²) in [6.45, 7) is 12.7. The van der Waals surface area contributed by atoms with Crippen LogP contribution in [0.4, 0.5) is 0 Å². The van der Waals surface area contributed by atoms with Crippen molar-refractivity contribution >= 4 is 11.3 Å². The second-order valence-corrected chi connectivity index (χ2v) is 7.70. The number of rotatable bonds is 7. The Labute approximate surface area is 127 Å². The van der Waals surface area contributed by atoms with Gasteiger partial charge in [-0.15, -0.1) is 11.3 Å². The summed E-state index contributed by atoms with van der Waals surface area (Å²) in [7, 11) is 0. The van der Waals surface area contributed by atoms with E-state index in [-0.39, 0.29) is 11.5 Å². The summed E-state index contributed by atoms with van der Waals surface area (Å²) < 4.78 is 5.82. The fourth-order valence-electron chi connectivity index (χ4n) is 2.30. The normalized spacial score (nSPS) is 17.4. The fraction of sp³-hybridized carbons (Fsp3) is 0.812. The SMILES string of the molecule is CCOC(CC)c1nc(C(C)(C)C)c(CNC2CC2)s1. The van der Waals surface area contributed by atoms with Crippen LogP contribution in [0.2, 0.25) is 0 Å². The standard InChI is InChI=1S/C16H28N2OS/c1-6-12(19-7-2)15-18-14(16(3,4)5)13(20-15)10-17-11-8-9-11/h11-12,17H,6-10H2,1-5H3. The molecule has 1 aromatic rings. The molecule has 0 radical (unpaired) electrons. The highest BCUT2D eigenvalue weighted by Gasteiger charge is 2.27. The van der Waals surface area contributed by atoms with Gasteiger partial charge in [0.15, 0.2) is 0 Å². The maximum absolute atomic E-state index is 5.82. The Bertz CT molecular complexity index is 432. The zero-order valence-electron chi connectivity index (χ0n) is 13.5. The molecule has 1 unspecified atom stereocenters. The van der Waals surface area contributed by atoms with Crippen molar-refractivity contribution in [3.05, 3.63) is 15.6 Å². The van der Waals surface area contributed by atoms with Crippen molar-refractivity contribution in [1.82, 2.24) is 10.3 Å². The van der Waals surface area contributed by atoms with Gasteiger partial charge < -0.3 is 10.1 Å². The summed E-state index contributed by atoms with van der Waals surface area (Å²) in [6, 6.07) is 0.738. The van der Waals surface area contributed by atoms with Crippen LogP contribution in [0.5, 0.6) is 0 Å².